The molecule has 3 atom stereocenters. The molecule has 140 valence electrons. The summed E-state index contributed by atoms with van der Waals surface area (Å²) in [6.45, 7) is 4.04. The van der Waals surface area contributed by atoms with Crippen molar-refractivity contribution in [3.63, 3.8) is 0 Å². The summed E-state index contributed by atoms with van der Waals surface area (Å²) in [5.41, 5.74) is 4.03. The molecule has 0 aliphatic carbocycles. The van der Waals surface area contributed by atoms with E-state index in [1.165, 1.54) is 41.4 Å². The molecule has 4 nitrogen and oxygen atoms in total. The van der Waals surface area contributed by atoms with Crippen LogP contribution in [0.1, 0.15) is 48.3 Å². The van der Waals surface area contributed by atoms with Crippen LogP contribution in [-0.2, 0) is 18.6 Å². The van der Waals surface area contributed by atoms with Crippen LogP contribution in [0.5, 0.6) is 0 Å². The Labute approximate surface area is 159 Å². The zero-order chi connectivity index (χ0) is 18.8. The Hall–Kier alpha value is -2.27. The molecule has 5 heteroatoms. The highest BCUT2D eigenvalue weighted by Gasteiger charge is 2.42. The van der Waals surface area contributed by atoms with Crippen molar-refractivity contribution in [1.29, 1.82) is 0 Å². The lowest BCUT2D eigenvalue weighted by atomic mass is 9.96. The first kappa shape index (κ1) is 16.9. The lowest BCUT2D eigenvalue weighted by Gasteiger charge is -2.33. The minimum Gasteiger partial charge on any atom is -0.341 e. The van der Waals surface area contributed by atoms with E-state index < -0.39 is 5.67 Å². The monoisotopic (exact) mass is 364 g/mol. The van der Waals surface area contributed by atoms with Gasteiger partial charge in [0.2, 0.25) is 0 Å². The fraction of sp³-hybridized carbons (Fsp3) is 0.455. The molecule has 0 amide bonds. The van der Waals surface area contributed by atoms with Crippen molar-refractivity contribution in [2.75, 3.05) is 7.05 Å². The number of aryl methyl sites for hydroxylation is 1. The van der Waals surface area contributed by atoms with E-state index in [1.54, 1.807) is 19.2 Å². The summed E-state index contributed by atoms with van der Waals surface area (Å²) in [5, 5.41) is 1.29. The Morgan fingerprint density at radius 1 is 1.26 bits per heavy atom. The molecular weight excluding hydrogens is 339 g/mol. The molecule has 1 saturated heterocycles. The summed E-state index contributed by atoms with van der Waals surface area (Å²) in [7, 11) is 2.24. The first-order valence-corrected chi connectivity index (χ1v) is 9.74. The second-order valence-electron chi connectivity index (χ2n) is 8.38. The summed E-state index contributed by atoms with van der Waals surface area (Å²) in [4.78, 5) is 10.6. The van der Waals surface area contributed by atoms with E-state index in [1.807, 2.05) is 0 Å². The summed E-state index contributed by atoms with van der Waals surface area (Å²) in [5.74, 6) is 0. The van der Waals surface area contributed by atoms with Gasteiger partial charge in [0.1, 0.15) is 6.33 Å². The number of halogens is 1. The van der Waals surface area contributed by atoms with Crippen LogP contribution in [0.15, 0.2) is 36.8 Å². The van der Waals surface area contributed by atoms with Crippen molar-refractivity contribution >= 4 is 10.9 Å². The van der Waals surface area contributed by atoms with Crippen molar-refractivity contribution in [2.45, 2.75) is 57.4 Å². The van der Waals surface area contributed by atoms with Gasteiger partial charge < -0.3 is 4.57 Å². The lowest BCUT2D eigenvalue weighted by Crippen LogP contribution is -2.35. The van der Waals surface area contributed by atoms with Gasteiger partial charge in [-0.15, -0.1) is 0 Å². The largest absolute Gasteiger partial charge is 0.341 e. The Kier molecular flexibility index (Phi) is 3.66. The molecule has 3 unspecified atom stereocenters. The van der Waals surface area contributed by atoms with Crippen LogP contribution in [0.25, 0.3) is 10.9 Å². The molecule has 3 aromatic rings. The first-order chi connectivity index (χ1) is 13.0. The maximum atomic E-state index is 15.7. The molecule has 2 bridgehead atoms. The number of benzene rings is 1. The average molecular weight is 364 g/mol. The van der Waals surface area contributed by atoms with Gasteiger partial charge in [-0.2, -0.15) is 0 Å². The van der Waals surface area contributed by atoms with Crippen molar-refractivity contribution < 1.29 is 4.39 Å². The van der Waals surface area contributed by atoms with Crippen LogP contribution in [0.4, 0.5) is 4.39 Å². The minimum atomic E-state index is -1.55. The number of likely N-dealkylation sites (N-methyl/N-ethyl adjacent to an activating group) is 1. The van der Waals surface area contributed by atoms with Crippen LogP contribution in [0, 0.1) is 6.92 Å². The van der Waals surface area contributed by atoms with Gasteiger partial charge in [0.25, 0.3) is 0 Å². The number of hydrogen-bond donors (Lipinski definition) is 0. The molecule has 1 fully saturated rings. The van der Waals surface area contributed by atoms with Crippen LogP contribution in [0.2, 0.25) is 0 Å². The molecule has 0 radical (unpaired) electrons. The smallest absolute Gasteiger partial charge is 0.167 e. The molecule has 0 spiro atoms. The Balaban J connectivity index is 1.69. The SMILES string of the molecule is Cc1ccc2c(c1)c1c(n2CC(C)(F)c2ccncn2)CC2CCC1N2C. The molecule has 4 heterocycles. The standard InChI is InChI=1S/C22H25FN4/c1-14-4-6-17-16(10-14)21-18-7-5-15(26(18)3)11-19(21)27(17)12-22(2,23)20-8-9-24-13-25-20/h4,6,8-10,13,15,18H,5,7,11-12H2,1-3H3. The second kappa shape index (κ2) is 5.86. The van der Waals surface area contributed by atoms with Gasteiger partial charge >= 0.3 is 0 Å². The van der Waals surface area contributed by atoms with E-state index in [0.717, 1.165) is 11.9 Å². The van der Waals surface area contributed by atoms with E-state index in [9.17, 15) is 0 Å². The molecule has 1 aromatic carbocycles. The van der Waals surface area contributed by atoms with Crippen molar-refractivity contribution in [3.8, 4) is 0 Å². The highest BCUT2D eigenvalue weighted by Crippen LogP contribution is 2.47. The zero-order valence-corrected chi connectivity index (χ0v) is 16.1. The van der Waals surface area contributed by atoms with Crippen LogP contribution in [0.3, 0.4) is 0 Å². The minimum absolute atomic E-state index is 0.280. The number of fused-ring (bicyclic) bond motifs is 6. The Morgan fingerprint density at radius 2 is 2.11 bits per heavy atom. The number of nitrogens with zero attached hydrogens (tertiary/aromatic N) is 4. The number of aromatic nitrogens is 3. The summed E-state index contributed by atoms with van der Waals surface area (Å²) in [6, 6.07) is 9.27. The van der Waals surface area contributed by atoms with Gasteiger partial charge in [0.15, 0.2) is 5.67 Å². The summed E-state index contributed by atoms with van der Waals surface area (Å²) in [6.07, 6.45) is 6.45. The highest BCUT2D eigenvalue weighted by atomic mass is 19.1. The van der Waals surface area contributed by atoms with Gasteiger partial charge in [-0.25, -0.2) is 14.4 Å². The van der Waals surface area contributed by atoms with E-state index in [2.05, 4.69) is 51.6 Å². The topological polar surface area (TPSA) is 34.0 Å². The van der Waals surface area contributed by atoms with Gasteiger partial charge in [0.05, 0.1) is 12.2 Å². The van der Waals surface area contributed by atoms with Gasteiger partial charge in [-0.1, -0.05) is 11.6 Å². The lowest BCUT2D eigenvalue weighted by molar-refractivity contribution is 0.153. The molecular formula is C22H25FN4. The van der Waals surface area contributed by atoms with Crippen LogP contribution in [-0.4, -0.2) is 32.5 Å². The van der Waals surface area contributed by atoms with Crippen molar-refractivity contribution in [1.82, 2.24) is 19.4 Å². The number of rotatable bonds is 3. The number of alkyl halides is 1. The molecule has 27 heavy (non-hydrogen) atoms. The fourth-order valence-corrected chi connectivity index (χ4v) is 5.13. The molecule has 0 saturated carbocycles. The predicted octanol–water partition coefficient (Wildman–Crippen LogP) is 4.32. The molecule has 2 aromatic heterocycles. The summed E-state index contributed by atoms with van der Waals surface area (Å²) < 4.78 is 18.0. The van der Waals surface area contributed by atoms with E-state index >= 15 is 4.39 Å². The van der Waals surface area contributed by atoms with Gasteiger partial charge in [-0.05, 0) is 57.5 Å². The third-order valence-electron chi connectivity index (χ3n) is 6.54. The average Bonchev–Trinajstić information content (AvgIpc) is 3.06. The van der Waals surface area contributed by atoms with Crippen LogP contribution < -0.4 is 0 Å². The molecule has 0 N–H and O–H groups in total. The van der Waals surface area contributed by atoms with E-state index in [4.69, 9.17) is 0 Å². The van der Waals surface area contributed by atoms with Gasteiger partial charge in [-0.3, -0.25) is 4.90 Å². The Morgan fingerprint density at radius 3 is 2.89 bits per heavy atom. The third-order valence-corrected chi connectivity index (χ3v) is 6.54. The molecule has 5 rings (SSSR count). The quantitative estimate of drug-likeness (QED) is 0.694. The van der Waals surface area contributed by atoms with Gasteiger partial charge in [0, 0.05) is 41.3 Å². The van der Waals surface area contributed by atoms with Crippen molar-refractivity contribution in [2.24, 2.45) is 0 Å². The predicted molar refractivity (Wildman–Crippen MR) is 104 cm³/mol. The van der Waals surface area contributed by atoms with Crippen molar-refractivity contribution in [3.05, 3.63) is 59.3 Å². The normalized spacial score (nSPS) is 24.1. The maximum Gasteiger partial charge on any atom is 0.167 e. The summed E-state index contributed by atoms with van der Waals surface area (Å²) >= 11 is 0. The van der Waals surface area contributed by atoms with Crippen LogP contribution >= 0.6 is 0 Å². The number of hydrogen-bond acceptors (Lipinski definition) is 3. The molecule has 2 aliphatic rings. The molecule has 2 aliphatic heterocycles. The third kappa shape index (κ3) is 2.52. The fourth-order valence-electron chi connectivity index (χ4n) is 5.13. The van der Waals surface area contributed by atoms with E-state index in [0.29, 0.717) is 17.8 Å². The maximum absolute atomic E-state index is 15.7. The Bertz CT molecular complexity index is 1010. The highest BCUT2D eigenvalue weighted by molar-refractivity contribution is 5.87. The first-order valence-electron chi connectivity index (χ1n) is 9.74. The second-order valence-corrected chi connectivity index (χ2v) is 8.38. The van der Waals surface area contributed by atoms with E-state index in [-0.39, 0.29) is 6.54 Å². The zero-order valence-electron chi connectivity index (χ0n) is 16.1.